The van der Waals surface area contributed by atoms with Crippen LogP contribution in [0.3, 0.4) is 0 Å². The van der Waals surface area contributed by atoms with E-state index in [1.54, 1.807) is 0 Å². The van der Waals surface area contributed by atoms with Gasteiger partial charge in [0.1, 0.15) is 0 Å². The summed E-state index contributed by atoms with van der Waals surface area (Å²) in [7, 11) is 2.11. The highest BCUT2D eigenvalue weighted by molar-refractivity contribution is 4.74. The van der Waals surface area contributed by atoms with Crippen molar-refractivity contribution in [1.82, 2.24) is 4.90 Å². The van der Waals surface area contributed by atoms with Crippen LogP contribution in [0.2, 0.25) is 0 Å². The largest absolute Gasteiger partial charge is 0.303 e. The van der Waals surface area contributed by atoms with Gasteiger partial charge in [-0.15, -0.1) is 0 Å². The summed E-state index contributed by atoms with van der Waals surface area (Å²) < 4.78 is 0. The number of nitrogens with zero attached hydrogens (tertiary/aromatic N) is 1. The normalized spacial score (nSPS) is 29.3. The minimum Gasteiger partial charge on any atom is -0.303 e. The van der Waals surface area contributed by atoms with Gasteiger partial charge < -0.3 is 9.74 Å². The summed E-state index contributed by atoms with van der Waals surface area (Å²) in [4.78, 5) is 6.84. The van der Waals surface area contributed by atoms with Crippen LogP contribution in [0.15, 0.2) is 0 Å². The predicted molar refractivity (Wildman–Crippen MR) is 35.8 cm³/mol. The van der Waals surface area contributed by atoms with Gasteiger partial charge in [0.05, 0.1) is 6.61 Å². The fraction of sp³-hybridized carbons (Fsp3) is 1.00. The molecule has 0 amide bonds. The van der Waals surface area contributed by atoms with E-state index in [4.69, 9.17) is 5.90 Å². The molecule has 0 radical (unpaired) electrons. The molecule has 54 valence electrons. The van der Waals surface area contributed by atoms with E-state index >= 15 is 0 Å². The van der Waals surface area contributed by atoms with Crippen LogP contribution < -0.4 is 5.90 Å². The number of rotatable bonds is 2. The Balaban J connectivity index is 2.22. The van der Waals surface area contributed by atoms with Gasteiger partial charge in [-0.3, -0.25) is 0 Å². The molecule has 1 aliphatic rings. The van der Waals surface area contributed by atoms with Gasteiger partial charge in [0.25, 0.3) is 0 Å². The predicted octanol–water partition coefficient (Wildman–Crippen LogP) is -0.0291. The smallest absolute Gasteiger partial charge is 0.0834 e. The van der Waals surface area contributed by atoms with E-state index in [-0.39, 0.29) is 0 Å². The van der Waals surface area contributed by atoms with E-state index in [1.165, 1.54) is 19.4 Å². The maximum Gasteiger partial charge on any atom is 0.0834 e. The molecule has 0 saturated carbocycles. The van der Waals surface area contributed by atoms with Gasteiger partial charge in [0, 0.05) is 6.04 Å². The van der Waals surface area contributed by atoms with Gasteiger partial charge >= 0.3 is 0 Å². The van der Waals surface area contributed by atoms with Gasteiger partial charge in [0.15, 0.2) is 0 Å². The van der Waals surface area contributed by atoms with Crippen LogP contribution in [0.5, 0.6) is 0 Å². The molecular formula is C6H14N2O. The Kier molecular flexibility index (Phi) is 2.45. The number of likely N-dealkylation sites (N-methyl/N-ethyl adjacent to an activating group) is 1. The highest BCUT2D eigenvalue weighted by atomic mass is 16.6. The van der Waals surface area contributed by atoms with Crippen molar-refractivity contribution < 1.29 is 4.84 Å². The zero-order valence-electron chi connectivity index (χ0n) is 5.84. The minimum absolute atomic E-state index is 0.565. The molecule has 0 aliphatic carbocycles. The van der Waals surface area contributed by atoms with E-state index in [0.717, 1.165) is 0 Å². The molecule has 0 spiro atoms. The molecule has 1 aliphatic heterocycles. The fourth-order valence-electron chi connectivity index (χ4n) is 1.30. The van der Waals surface area contributed by atoms with Gasteiger partial charge in [-0.2, -0.15) is 0 Å². The molecule has 3 heteroatoms. The van der Waals surface area contributed by atoms with Gasteiger partial charge in [-0.25, -0.2) is 5.90 Å². The second-order valence-electron chi connectivity index (χ2n) is 2.61. The molecule has 1 fully saturated rings. The van der Waals surface area contributed by atoms with E-state index in [0.29, 0.717) is 12.6 Å². The highest BCUT2D eigenvalue weighted by Crippen LogP contribution is 2.13. The minimum atomic E-state index is 0.565. The molecular weight excluding hydrogens is 116 g/mol. The first kappa shape index (κ1) is 6.99. The molecule has 3 nitrogen and oxygen atoms in total. The summed E-state index contributed by atoms with van der Waals surface area (Å²) in [5, 5.41) is 0. The van der Waals surface area contributed by atoms with Crippen molar-refractivity contribution in [2.75, 3.05) is 20.2 Å². The Hall–Kier alpha value is -0.120. The summed E-state index contributed by atoms with van der Waals surface area (Å²) in [5.41, 5.74) is 0. The summed E-state index contributed by atoms with van der Waals surface area (Å²) in [6.07, 6.45) is 2.51. The number of hydrogen-bond donors (Lipinski definition) is 1. The van der Waals surface area contributed by atoms with Gasteiger partial charge in [-0.05, 0) is 26.4 Å². The van der Waals surface area contributed by atoms with Crippen molar-refractivity contribution >= 4 is 0 Å². The Bertz CT molecular complexity index is 87.1. The van der Waals surface area contributed by atoms with Crippen LogP contribution in [0, 0.1) is 0 Å². The standard InChI is InChI=1S/C6H14N2O/c1-8-4-2-3-6(8)5-9-7/h6H,2-5,7H2,1H3. The summed E-state index contributed by atoms with van der Waals surface area (Å²) in [6.45, 7) is 1.87. The van der Waals surface area contributed by atoms with E-state index in [2.05, 4.69) is 16.8 Å². The zero-order chi connectivity index (χ0) is 6.69. The third-order valence-corrected chi connectivity index (χ3v) is 1.96. The van der Waals surface area contributed by atoms with Crippen molar-refractivity contribution in [3.05, 3.63) is 0 Å². The lowest BCUT2D eigenvalue weighted by Gasteiger charge is -2.16. The van der Waals surface area contributed by atoms with Crippen LogP contribution in [-0.2, 0) is 4.84 Å². The average Bonchev–Trinajstić information content (AvgIpc) is 2.18. The lowest BCUT2D eigenvalue weighted by atomic mass is 10.2. The molecule has 0 aromatic rings. The van der Waals surface area contributed by atoms with Crippen molar-refractivity contribution in [2.45, 2.75) is 18.9 Å². The maximum absolute atomic E-state index is 4.94. The molecule has 1 atom stereocenters. The molecule has 0 aromatic carbocycles. The van der Waals surface area contributed by atoms with Crippen LogP contribution in [0.1, 0.15) is 12.8 Å². The first-order valence-corrected chi connectivity index (χ1v) is 3.36. The molecule has 0 bridgehead atoms. The number of likely N-dealkylation sites (tertiary alicyclic amines) is 1. The highest BCUT2D eigenvalue weighted by Gasteiger charge is 2.19. The zero-order valence-corrected chi connectivity index (χ0v) is 5.84. The van der Waals surface area contributed by atoms with Gasteiger partial charge in [-0.1, -0.05) is 0 Å². The topological polar surface area (TPSA) is 38.5 Å². The third kappa shape index (κ3) is 1.64. The monoisotopic (exact) mass is 130 g/mol. The molecule has 1 rings (SSSR count). The molecule has 1 saturated heterocycles. The van der Waals surface area contributed by atoms with Crippen molar-refractivity contribution in [3.8, 4) is 0 Å². The third-order valence-electron chi connectivity index (χ3n) is 1.96. The van der Waals surface area contributed by atoms with E-state index in [1.807, 2.05) is 0 Å². The van der Waals surface area contributed by atoms with Gasteiger partial charge in [0.2, 0.25) is 0 Å². The SMILES string of the molecule is CN1CCCC1CON. The van der Waals surface area contributed by atoms with Crippen molar-refractivity contribution in [2.24, 2.45) is 5.90 Å². The lowest BCUT2D eigenvalue weighted by molar-refractivity contribution is 0.0870. The van der Waals surface area contributed by atoms with Crippen LogP contribution in [-0.4, -0.2) is 31.1 Å². The first-order valence-electron chi connectivity index (χ1n) is 3.36. The molecule has 1 unspecified atom stereocenters. The van der Waals surface area contributed by atoms with E-state index < -0.39 is 0 Å². The summed E-state index contributed by atoms with van der Waals surface area (Å²) in [6, 6.07) is 0.565. The quantitative estimate of drug-likeness (QED) is 0.533. The number of hydrogen-bond acceptors (Lipinski definition) is 3. The van der Waals surface area contributed by atoms with Crippen LogP contribution in [0.25, 0.3) is 0 Å². The maximum atomic E-state index is 4.94. The van der Waals surface area contributed by atoms with Crippen LogP contribution in [0.4, 0.5) is 0 Å². The Labute approximate surface area is 55.7 Å². The van der Waals surface area contributed by atoms with E-state index in [9.17, 15) is 0 Å². The summed E-state index contributed by atoms with van der Waals surface area (Å²) >= 11 is 0. The Morgan fingerprint density at radius 2 is 2.56 bits per heavy atom. The van der Waals surface area contributed by atoms with Crippen molar-refractivity contribution in [1.29, 1.82) is 0 Å². The average molecular weight is 130 g/mol. The lowest BCUT2D eigenvalue weighted by Crippen LogP contribution is -2.30. The summed E-state index contributed by atoms with van der Waals surface area (Å²) in [5.74, 6) is 4.94. The van der Waals surface area contributed by atoms with Crippen LogP contribution >= 0.6 is 0 Å². The molecule has 9 heavy (non-hydrogen) atoms. The molecule has 0 aromatic heterocycles. The fourth-order valence-corrected chi connectivity index (χ4v) is 1.30. The second kappa shape index (κ2) is 3.15. The molecule has 2 N–H and O–H groups in total. The van der Waals surface area contributed by atoms with Crippen molar-refractivity contribution in [3.63, 3.8) is 0 Å². The molecule has 1 heterocycles. The Morgan fingerprint density at radius 3 is 3.00 bits per heavy atom. The Morgan fingerprint density at radius 1 is 1.78 bits per heavy atom. The first-order chi connectivity index (χ1) is 4.34. The number of nitrogens with two attached hydrogens (primary N) is 1. The second-order valence-corrected chi connectivity index (χ2v) is 2.61.